The zero-order valence-corrected chi connectivity index (χ0v) is 12.2. The average Bonchev–Trinajstić information content (AvgIpc) is 3.09. The van der Waals surface area contributed by atoms with Gasteiger partial charge in [-0.25, -0.2) is 4.98 Å². The van der Waals surface area contributed by atoms with Crippen LogP contribution in [0.2, 0.25) is 0 Å². The number of rotatable bonds is 4. The number of nitrogens with zero attached hydrogens (tertiary/aromatic N) is 2. The minimum Gasteiger partial charge on any atom is -0.448 e. The zero-order chi connectivity index (χ0) is 13.9. The molecule has 0 bridgehead atoms. The van der Waals surface area contributed by atoms with Crippen LogP contribution < -0.4 is 0 Å². The van der Waals surface area contributed by atoms with Crippen LogP contribution in [0.25, 0.3) is 0 Å². The van der Waals surface area contributed by atoms with E-state index in [0.717, 1.165) is 24.7 Å². The Morgan fingerprint density at radius 3 is 2.80 bits per heavy atom. The van der Waals surface area contributed by atoms with Crippen molar-refractivity contribution in [1.29, 1.82) is 0 Å². The molecule has 20 heavy (non-hydrogen) atoms. The summed E-state index contributed by atoms with van der Waals surface area (Å²) in [6, 6.07) is 11.3. The van der Waals surface area contributed by atoms with E-state index >= 15 is 0 Å². The van der Waals surface area contributed by atoms with Crippen LogP contribution in [0.3, 0.4) is 0 Å². The highest BCUT2D eigenvalue weighted by Crippen LogP contribution is 2.32. The Kier molecular flexibility index (Phi) is 3.88. The van der Waals surface area contributed by atoms with Gasteiger partial charge in [0.25, 0.3) is 0 Å². The summed E-state index contributed by atoms with van der Waals surface area (Å²) in [7, 11) is 0. The maximum Gasteiger partial charge on any atom is 0.196 e. The van der Waals surface area contributed by atoms with Crippen molar-refractivity contribution in [1.82, 2.24) is 9.88 Å². The van der Waals surface area contributed by atoms with Crippen molar-refractivity contribution in [2.45, 2.75) is 45.2 Å². The van der Waals surface area contributed by atoms with E-state index in [1.165, 1.54) is 18.4 Å². The molecule has 1 atom stereocenters. The normalized spacial score (nSPS) is 19.9. The molecule has 3 nitrogen and oxygen atoms in total. The lowest BCUT2D eigenvalue weighted by molar-refractivity contribution is 0.245. The maximum absolute atomic E-state index is 5.54. The molecule has 2 heterocycles. The Bertz CT molecular complexity index is 547. The molecule has 1 fully saturated rings. The predicted molar refractivity (Wildman–Crippen MR) is 79.4 cm³/mol. The van der Waals surface area contributed by atoms with E-state index < -0.39 is 0 Å². The summed E-state index contributed by atoms with van der Waals surface area (Å²) in [6.07, 6.45) is 4.31. The molecule has 0 aliphatic carbocycles. The van der Waals surface area contributed by atoms with Crippen molar-refractivity contribution < 1.29 is 4.42 Å². The smallest absolute Gasteiger partial charge is 0.196 e. The molecule has 1 aromatic carbocycles. The fourth-order valence-corrected chi connectivity index (χ4v) is 2.94. The molecule has 1 aliphatic rings. The third kappa shape index (κ3) is 2.78. The molecule has 0 amide bonds. The van der Waals surface area contributed by atoms with Crippen molar-refractivity contribution in [3.8, 4) is 0 Å². The van der Waals surface area contributed by atoms with Gasteiger partial charge < -0.3 is 4.42 Å². The van der Waals surface area contributed by atoms with Crippen molar-refractivity contribution in [2.24, 2.45) is 0 Å². The van der Waals surface area contributed by atoms with Gasteiger partial charge in [-0.15, -0.1) is 0 Å². The van der Waals surface area contributed by atoms with Crippen molar-refractivity contribution in [3.05, 3.63) is 53.7 Å². The summed E-state index contributed by atoms with van der Waals surface area (Å²) >= 11 is 0. The first kappa shape index (κ1) is 13.4. The molecular weight excluding hydrogens is 248 g/mol. The summed E-state index contributed by atoms with van der Waals surface area (Å²) in [6.45, 7) is 6.25. The van der Waals surface area contributed by atoms with Crippen LogP contribution in [0.1, 0.15) is 55.8 Å². The lowest BCUT2D eigenvalue weighted by atomic mass is 10.0. The van der Waals surface area contributed by atoms with E-state index in [-0.39, 0.29) is 0 Å². The van der Waals surface area contributed by atoms with E-state index in [9.17, 15) is 0 Å². The van der Waals surface area contributed by atoms with Crippen molar-refractivity contribution in [2.75, 3.05) is 6.54 Å². The number of hydrogen-bond acceptors (Lipinski definition) is 3. The van der Waals surface area contributed by atoms with Crippen LogP contribution in [0.5, 0.6) is 0 Å². The van der Waals surface area contributed by atoms with Crippen LogP contribution in [0, 0.1) is 0 Å². The largest absolute Gasteiger partial charge is 0.448 e. The van der Waals surface area contributed by atoms with Gasteiger partial charge in [-0.2, -0.15) is 0 Å². The van der Waals surface area contributed by atoms with Gasteiger partial charge in [0.1, 0.15) is 6.26 Å². The summed E-state index contributed by atoms with van der Waals surface area (Å²) < 4.78 is 5.54. The second kappa shape index (κ2) is 5.80. The minimum absolute atomic E-state index is 0.354. The van der Waals surface area contributed by atoms with Crippen molar-refractivity contribution in [3.63, 3.8) is 0 Å². The number of oxazole rings is 1. The first-order chi connectivity index (χ1) is 9.74. The van der Waals surface area contributed by atoms with E-state index in [2.05, 4.69) is 54.1 Å². The Labute approximate surface area is 120 Å². The maximum atomic E-state index is 5.54. The van der Waals surface area contributed by atoms with Crippen LogP contribution in [-0.2, 0) is 6.54 Å². The Morgan fingerprint density at radius 1 is 1.30 bits per heavy atom. The van der Waals surface area contributed by atoms with Gasteiger partial charge in [0.05, 0.1) is 5.69 Å². The van der Waals surface area contributed by atoms with E-state index in [1.54, 1.807) is 0 Å². The molecule has 1 unspecified atom stereocenters. The molecule has 2 aromatic rings. The van der Waals surface area contributed by atoms with Gasteiger partial charge in [-0.1, -0.05) is 44.2 Å². The van der Waals surface area contributed by atoms with Gasteiger partial charge in [0.15, 0.2) is 5.89 Å². The highest BCUT2D eigenvalue weighted by Gasteiger charge is 2.26. The third-order valence-corrected chi connectivity index (χ3v) is 3.98. The quantitative estimate of drug-likeness (QED) is 0.836. The van der Waals surface area contributed by atoms with Gasteiger partial charge in [0.2, 0.25) is 0 Å². The standard InChI is InChI=1S/C17H22N2O/c1-13(2)17-18-15(12-20-17)11-19-10-6-9-16(19)14-7-4-3-5-8-14/h3-5,7-8,12-13,16H,6,9-11H2,1-2H3. The highest BCUT2D eigenvalue weighted by atomic mass is 16.3. The average molecular weight is 270 g/mol. The predicted octanol–water partition coefficient (Wildman–Crippen LogP) is 4.14. The highest BCUT2D eigenvalue weighted by molar-refractivity contribution is 5.20. The SMILES string of the molecule is CC(C)c1nc(CN2CCCC2c2ccccc2)co1. The molecule has 3 rings (SSSR count). The molecule has 0 spiro atoms. The monoisotopic (exact) mass is 270 g/mol. The fraction of sp³-hybridized carbons (Fsp3) is 0.471. The first-order valence-electron chi connectivity index (χ1n) is 7.47. The topological polar surface area (TPSA) is 29.3 Å². The summed E-state index contributed by atoms with van der Waals surface area (Å²) in [5, 5.41) is 0. The summed E-state index contributed by atoms with van der Waals surface area (Å²) in [5.74, 6) is 1.20. The number of aromatic nitrogens is 1. The molecule has 0 radical (unpaired) electrons. The lowest BCUT2D eigenvalue weighted by Crippen LogP contribution is -2.22. The number of benzene rings is 1. The Hall–Kier alpha value is -1.61. The molecule has 106 valence electrons. The minimum atomic E-state index is 0.354. The first-order valence-corrected chi connectivity index (χ1v) is 7.47. The molecule has 3 heteroatoms. The molecule has 1 aliphatic heterocycles. The third-order valence-electron chi connectivity index (χ3n) is 3.98. The number of hydrogen-bond donors (Lipinski definition) is 0. The molecule has 1 saturated heterocycles. The van der Waals surface area contributed by atoms with Crippen molar-refractivity contribution >= 4 is 0 Å². The van der Waals surface area contributed by atoms with Gasteiger partial charge >= 0.3 is 0 Å². The lowest BCUT2D eigenvalue weighted by Gasteiger charge is -2.23. The van der Waals surface area contributed by atoms with Crippen LogP contribution in [0.4, 0.5) is 0 Å². The summed E-state index contributed by atoms with van der Waals surface area (Å²) in [4.78, 5) is 7.10. The molecular formula is C17H22N2O. The molecule has 0 N–H and O–H groups in total. The van der Waals surface area contributed by atoms with Gasteiger partial charge in [0, 0.05) is 18.5 Å². The second-order valence-corrected chi connectivity index (χ2v) is 5.87. The second-order valence-electron chi connectivity index (χ2n) is 5.87. The molecule has 1 aromatic heterocycles. The van der Waals surface area contributed by atoms with Crippen LogP contribution >= 0.6 is 0 Å². The fourth-order valence-electron chi connectivity index (χ4n) is 2.94. The number of likely N-dealkylation sites (tertiary alicyclic amines) is 1. The Morgan fingerprint density at radius 2 is 2.10 bits per heavy atom. The van der Waals surface area contributed by atoms with Gasteiger partial charge in [-0.05, 0) is 24.9 Å². The zero-order valence-electron chi connectivity index (χ0n) is 12.2. The van der Waals surface area contributed by atoms with Crippen LogP contribution in [-0.4, -0.2) is 16.4 Å². The Balaban J connectivity index is 1.72. The van der Waals surface area contributed by atoms with Crippen LogP contribution in [0.15, 0.2) is 41.0 Å². The summed E-state index contributed by atoms with van der Waals surface area (Å²) in [5.41, 5.74) is 2.47. The van der Waals surface area contributed by atoms with E-state index in [1.807, 2.05) is 6.26 Å². The van der Waals surface area contributed by atoms with E-state index in [4.69, 9.17) is 4.42 Å². The van der Waals surface area contributed by atoms with Gasteiger partial charge in [-0.3, -0.25) is 4.90 Å². The van der Waals surface area contributed by atoms with E-state index in [0.29, 0.717) is 12.0 Å². The molecule has 0 saturated carbocycles.